The molecular weight excluding hydrogens is 170 g/mol. The molecule has 5 nitrogen and oxygen atoms in total. The van der Waals surface area contributed by atoms with Crippen molar-refractivity contribution in [2.24, 2.45) is 0 Å². The van der Waals surface area contributed by atoms with Crippen LogP contribution in [0.3, 0.4) is 0 Å². The Morgan fingerprint density at radius 2 is 2.62 bits per heavy atom. The summed E-state index contributed by atoms with van der Waals surface area (Å²) < 4.78 is 0. The number of aromatic amines is 1. The predicted molar refractivity (Wildman–Crippen MR) is 48.1 cm³/mol. The molecular formula is C8H13N3O2. The predicted octanol–water partition coefficient (Wildman–Crippen LogP) is 0.509. The topological polar surface area (TPSA) is 78.0 Å². The van der Waals surface area contributed by atoms with E-state index in [0.717, 1.165) is 0 Å². The van der Waals surface area contributed by atoms with Gasteiger partial charge in [0.25, 0.3) is 0 Å². The van der Waals surface area contributed by atoms with Crippen LogP contribution in [0, 0.1) is 0 Å². The fourth-order valence-corrected chi connectivity index (χ4v) is 0.878. The number of nitrogens with one attached hydrogen (secondary N) is 2. The Labute approximate surface area is 76.2 Å². The van der Waals surface area contributed by atoms with Crippen molar-refractivity contribution < 1.29 is 9.90 Å². The van der Waals surface area contributed by atoms with E-state index in [2.05, 4.69) is 15.5 Å². The van der Waals surface area contributed by atoms with Crippen LogP contribution in [0.25, 0.3) is 0 Å². The average Bonchev–Trinajstić information content (AvgIpc) is 2.53. The Balaban J connectivity index is 2.26. The minimum absolute atomic E-state index is 0.120. The molecule has 1 aromatic rings. The van der Waals surface area contributed by atoms with Crippen molar-refractivity contribution in [2.45, 2.75) is 25.9 Å². The fraction of sp³-hybridized carbons (Fsp3) is 0.500. The second-order valence-corrected chi connectivity index (χ2v) is 2.91. The number of hydrogen-bond donors (Lipinski definition) is 3. The number of H-pyrrole nitrogens is 1. The van der Waals surface area contributed by atoms with Crippen molar-refractivity contribution in [3.8, 4) is 0 Å². The summed E-state index contributed by atoms with van der Waals surface area (Å²) in [4.78, 5) is 11.1. The van der Waals surface area contributed by atoms with Crippen molar-refractivity contribution in [3.63, 3.8) is 0 Å². The third-order valence-corrected chi connectivity index (χ3v) is 1.56. The molecule has 72 valence electrons. The van der Waals surface area contributed by atoms with Crippen LogP contribution in [0.15, 0.2) is 12.3 Å². The Morgan fingerprint density at radius 1 is 1.85 bits per heavy atom. The van der Waals surface area contributed by atoms with E-state index in [1.807, 2.05) is 0 Å². The largest absolute Gasteiger partial charge is 0.393 e. The Morgan fingerprint density at radius 3 is 3.15 bits per heavy atom. The number of carbonyl (C=O) groups excluding carboxylic acids is 1. The summed E-state index contributed by atoms with van der Waals surface area (Å²) in [5, 5.41) is 17.8. The lowest BCUT2D eigenvalue weighted by molar-refractivity contribution is -0.116. The second-order valence-electron chi connectivity index (χ2n) is 2.91. The first-order valence-corrected chi connectivity index (χ1v) is 4.16. The van der Waals surface area contributed by atoms with Gasteiger partial charge >= 0.3 is 0 Å². The third kappa shape index (κ3) is 3.71. The number of carbonyl (C=O) groups is 1. The molecule has 1 aromatic heterocycles. The first kappa shape index (κ1) is 9.73. The zero-order valence-corrected chi connectivity index (χ0v) is 7.45. The third-order valence-electron chi connectivity index (χ3n) is 1.56. The van der Waals surface area contributed by atoms with E-state index in [0.29, 0.717) is 18.7 Å². The summed E-state index contributed by atoms with van der Waals surface area (Å²) in [6, 6.07) is 1.67. The monoisotopic (exact) mass is 183 g/mol. The van der Waals surface area contributed by atoms with Crippen LogP contribution in [0.4, 0.5) is 5.82 Å². The number of anilines is 1. The number of aromatic nitrogens is 2. The molecule has 0 spiro atoms. The van der Waals surface area contributed by atoms with E-state index in [1.165, 1.54) is 0 Å². The van der Waals surface area contributed by atoms with Gasteiger partial charge in [-0.2, -0.15) is 5.10 Å². The van der Waals surface area contributed by atoms with Crippen LogP contribution in [0.5, 0.6) is 0 Å². The van der Waals surface area contributed by atoms with E-state index < -0.39 is 6.10 Å². The summed E-state index contributed by atoms with van der Waals surface area (Å²) in [6.07, 6.45) is 1.91. The highest BCUT2D eigenvalue weighted by Gasteiger charge is 2.04. The van der Waals surface area contributed by atoms with E-state index in [-0.39, 0.29) is 5.91 Å². The molecule has 0 bridgehead atoms. The lowest BCUT2D eigenvalue weighted by atomic mass is 10.2. The van der Waals surface area contributed by atoms with E-state index in [1.54, 1.807) is 19.2 Å². The summed E-state index contributed by atoms with van der Waals surface area (Å²) in [5.41, 5.74) is 0. The quantitative estimate of drug-likeness (QED) is 0.636. The first-order chi connectivity index (χ1) is 6.18. The van der Waals surface area contributed by atoms with Gasteiger partial charge in [-0.25, -0.2) is 0 Å². The van der Waals surface area contributed by atoms with Crippen LogP contribution in [-0.2, 0) is 4.79 Å². The molecule has 3 N–H and O–H groups in total. The lowest BCUT2D eigenvalue weighted by Gasteiger charge is -2.03. The molecule has 5 heteroatoms. The van der Waals surface area contributed by atoms with Gasteiger partial charge in [-0.1, -0.05) is 0 Å². The van der Waals surface area contributed by atoms with Gasteiger partial charge in [0.1, 0.15) is 5.82 Å². The van der Waals surface area contributed by atoms with Gasteiger partial charge in [-0.15, -0.1) is 0 Å². The molecule has 0 aromatic carbocycles. The zero-order valence-electron chi connectivity index (χ0n) is 7.45. The molecule has 1 heterocycles. The Bertz CT molecular complexity index is 256. The molecule has 1 atom stereocenters. The number of aliphatic hydroxyl groups is 1. The van der Waals surface area contributed by atoms with Gasteiger partial charge < -0.3 is 10.4 Å². The molecule has 1 rings (SSSR count). The average molecular weight is 183 g/mol. The van der Waals surface area contributed by atoms with Gasteiger partial charge in [-0.05, 0) is 13.3 Å². The van der Waals surface area contributed by atoms with Crippen LogP contribution in [0.2, 0.25) is 0 Å². The van der Waals surface area contributed by atoms with Crippen molar-refractivity contribution in [1.29, 1.82) is 0 Å². The van der Waals surface area contributed by atoms with Crippen LogP contribution >= 0.6 is 0 Å². The van der Waals surface area contributed by atoms with Crippen LogP contribution < -0.4 is 5.32 Å². The highest BCUT2D eigenvalue weighted by Crippen LogP contribution is 2.02. The maximum atomic E-state index is 11.1. The summed E-state index contributed by atoms with van der Waals surface area (Å²) in [6.45, 7) is 1.66. The molecule has 0 aliphatic carbocycles. The SMILES string of the molecule is CC(O)CCC(=O)Nc1ccn[nH]1. The molecule has 1 unspecified atom stereocenters. The minimum Gasteiger partial charge on any atom is -0.393 e. The van der Waals surface area contributed by atoms with E-state index in [4.69, 9.17) is 5.11 Å². The number of rotatable bonds is 4. The maximum absolute atomic E-state index is 11.1. The maximum Gasteiger partial charge on any atom is 0.225 e. The number of nitrogens with zero attached hydrogens (tertiary/aromatic N) is 1. The lowest BCUT2D eigenvalue weighted by Crippen LogP contribution is -2.14. The fourth-order valence-electron chi connectivity index (χ4n) is 0.878. The molecule has 0 saturated heterocycles. The highest BCUT2D eigenvalue weighted by atomic mass is 16.3. The van der Waals surface area contributed by atoms with Crippen molar-refractivity contribution >= 4 is 11.7 Å². The number of aliphatic hydroxyl groups excluding tert-OH is 1. The number of hydrogen-bond acceptors (Lipinski definition) is 3. The van der Waals surface area contributed by atoms with E-state index in [9.17, 15) is 4.79 Å². The van der Waals surface area contributed by atoms with Gasteiger partial charge in [0, 0.05) is 12.5 Å². The molecule has 0 aliphatic rings. The molecule has 0 aliphatic heterocycles. The second kappa shape index (κ2) is 4.61. The molecule has 0 radical (unpaired) electrons. The van der Waals surface area contributed by atoms with Crippen LogP contribution in [0.1, 0.15) is 19.8 Å². The minimum atomic E-state index is -0.437. The van der Waals surface area contributed by atoms with Crippen molar-refractivity contribution in [2.75, 3.05) is 5.32 Å². The summed E-state index contributed by atoms with van der Waals surface area (Å²) in [5.74, 6) is 0.459. The molecule has 13 heavy (non-hydrogen) atoms. The Hall–Kier alpha value is -1.36. The van der Waals surface area contributed by atoms with Crippen molar-refractivity contribution in [3.05, 3.63) is 12.3 Å². The zero-order chi connectivity index (χ0) is 9.68. The van der Waals surface area contributed by atoms with Gasteiger partial charge in [0.05, 0.1) is 12.3 Å². The normalized spacial score (nSPS) is 12.5. The summed E-state index contributed by atoms with van der Waals surface area (Å²) in [7, 11) is 0. The summed E-state index contributed by atoms with van der Waals surface area (Å²) >= 11 is 0. The molecule has 0 saturated carbocycles. The number of amides is 1. The Kier molecular flexibility index (Phi) is 3.45. The smallest absolute Gasteiger partial charge is 0.225 e. The standard InChI is InChI=1S/C8H13N3O2/c1-6(12)2-3-8(13)10-7-4-5-9-11-7/h4-6,12H,2-3H2,1H3,(H2,9,10,11,13). The van der Waals surface area contributed by atoms with Gasteiger partial charge in [0.2, 0.25) is 5.91 Å². The highest BCUT2D eigenvalue weighted by molar-refractivity contribution is 5.89. The van der Waals surface area contributed by atoms with Crippen molar-refractivity contribution in [1.82, 2.24) is 10.2 Å². The van der Waals surface area contributed by atoms with Gasteiger partial charge in [-0.3, -0.25) is 9.89 Å². The van der Waals surface area contributed by atoms with E-state index >= 15 is 0 Å². The van der Waals surface area contributed by atoms with Gasteiger partial charge in [0.15, 0.2) is 0 Å². The first-order valence-electron chi connectivity index (χ1n) is 4.16. The van der Waals surface area contributed by atoms with Crippen LogP contribution in [-0.4, -0.2) is 27.3 Å². The molecule has 1 amide bonds. The molecule has 0 fully saturated rings.